The van der Waals surface area contributed by atoms with Crippen LogP contribution in [-0.2, 0) is 30.2 Å². The van der Waals surface area contributed by atoms with Crippen LogP contribution in [0.1, 0.15) is 28.8 Å². The fourth-order valence-electron chi connectivity index (χ4n) is 5.11. The molecule has 8 nitrogen and oxygen atoms in total. The third-order valence-electron chi connectivity index (χ3n) is 6.90. The molecule has 170 valence electrons. The second-order valence-electron chi connectivity index (χ2n) is 9.02. The molecular weight excluding hydrogens is 430 g/mol. The molecule has 2 aliphatic rings. The highest BCUT2D eigenvalue weighted by molar-refractivity contribution is 6.05. The second kappa shape index (κ2) is 7.41. The van der Waals surface area contributed by atoms with Gasteiger partial charge < -0.3 is 14.0 Å². The van der Waals surface area contributed by atoms with Crippen LogP contribution in [-0.4, -0.2) is 42.8 Å². The zero-order valence-corrected chi connectivity index (χ0v) is 18.9. The fourth-order valence-corrected chi connectivity index (χ4v) is 5.11. The maximum absolute atomic E-state index is 13.0. The van der Waals surface area contributed by atoms with Crippen LogP contribution in [0.3, 0.4) is 0 Å². The lowest BCUT2D eigenvalue weighted by atomic mass is 10.00. The van der Waals surface area contributed by atoms with Gasteiger partial charge in [-0.3, -0.25) is 19.7 Å². The van der Waals surface area contributed by atoms with Crippen molar-refractivity contribution in [2.45, 2.75) is 25.4 Å². The second-order valence-corrected chi connectivity index (χ2v) is 9.02. The number of benzene rings is 2. The molecular formula is C26H23N5O3. The van der Waals surface area contributed by atoms with E-state index in [9.17, 15) is 14.4 Å². The highest BCUT2D eigenvalue weighted by atomic mass is 16.2. The minimum absolute atomic E-state index is 0.175. The number of carbonyl (C=O) groups excluding carboxylic acids is 3. The number of hydrogen-bond donors (Lipinski definition) is 1. The SMILES string of the molecule is Cn1cnc(-c2ccc3c(c2)CN([C@H]2CCC(=O)NC2=O)C3=O)c1-c1ccc2ccn(C)c2c1. The fraction of sp³-hybridized carbons (Fsp3) is 0.231. The molecule has 0 bridgehead atoms. The largest absolute Gasteiger partial charge is 0.351 e. The highest BCUT2D eigenvalue weighted by Crippen LogP contribution is 2.36. The summed E-state index contributed by atoms with van der Waals surface area (Å²) in [5.41, 5.74) is 6.41. The van der Waals surface area contributed by atoms with Crippen molar-refractivity contribution in [3.8, 4) is 22.5 Å². The average Bonchev–Trinajstić information content (AvgIpc) is 3.49. The topological polar surface area (TPSA) is 89.2 Å². The van der Waals surface area contributed by atoms with Crippen LogP contribution in [0, 0.1) is 0 Å². The van der Waals surface area contributed by atoms with Gasteiger partial charge in [-0.05, 0) is 41.6 Å². The molecule has 6 rings (SSSR count). The van der Waals surface area contributed by atoms with Gasteiger partial charge in [-0.1, -0.05) is 18.2 Å². The van der Waals surface area contributed by atoms with E-state index < -0.39 is 11.9 Å². The summed E-state index contributed by atoms with van der Waals surface area (Å²) in [7, 11) is 4.00. The first kappa shape index (κ1) is 20.4. The molecule has 2 aromatic heterocycles. The van der Waals surface area contributed by atoms with E-state index >= 15 is 0 Å². The van der Waals surface area contributed by atoms with E-state index in [0.717, 1.165) is 33.6 Å². The molecule has 3 amide bonds. The average molecular weight is 454 g/mol. The monoisotopic (exact) mass is 453 g/mol. The number of amides is 3. The number of hydrogen-bond acceptors (Lipinski definition) is 4. The molecule has 1 atom stereocenters. The normalized spacial score (nSPS) is 18.0. The third kappa shape index (κ3) is 3.06. The van der Waals surface area contributed by atoms with Crippen molar-refractivity contribution in [2.24, 2.45) is 14.1 Å². The van der Waals surface area contributed by atoms with E-state index in [0.29, 0.717) is 18.5 Å². The summed E-state index contributed by atoms with van der Waals surface area (Å²) in [5.74, 6) is -0.865. The number of nitrogens with one attached hydrogen (secondary N) is 1. The molecule has 0 saturated carbocycles. The first-order valence-electron chi connectivity index (χ1n) is 11.3. The van der Waals surface area contributed by atoms with Gasteiger partial charge in [-0.15, -0.1) is 0 Å². The Morgan fingerprint density at radius 3 is 2.62 bits per heavy atom. The summed E-state index contributed by atoms with van der Waals surface area (Å²) in [4.78, 5) is 43.1. The standard InChI is InChI=1S/C26H23N5O3/c1-29-10-9-15-3-4-17(12-21(15)29)24-23(27-14-30(24)2)16-5-6-19-18(11-16)13-31(26(19)34)20-7-8-22(32)28-25(20)33/h3-6,9-12,14,20H,7-8,13H2,1-2H3,(H,28,32,33)/t20-/m0/s1. The predicted molar refractivity (Wildman–Crippen MR) is 127 cm³/mol. The summed E-state index contributed by atoms with van der Waals surface area (Å²) in [5, 5.41) is 3.53. The Morgan fingerprint density at radius 2 is 1.79 bits per heavy atom. The maximum atomic E-state index is 13.0. The Kier molecular flexibility index (Phi) is 4.45. The van der Waals surface area contributed by atoms with Crippen LogP contribution in [0.25, 0.3) is 33.4 Å². The Bertz CT molecular complexity index is 1510. The molecule has 2 aromatic carbocycles. The van der Waals surface area contributed by atoms with Gasteiger partial charge in [0.15, 0.2) is 0 Å². The van der Waals surface area contributed by atoms with Gasteiger partial charge >= 0.3 is 0 Å². The number of nitrogens with zero attached hydrogens (tertiary/aromatic N) is 4. The quantitative estimate of drug-likeness (QED) is 0.483. The number of aromatic nitrogens is 3. The molecule has 4 heterocycles. The zero-order chi connectivity index (χ0) is 23.6. The smallest absolute Gasteiger partial charge is 0.255 e. The summed E-state index contributed by atoms with van der Waals surface area (Å²) in [6, 6.07) is 13.6. The third-order valence-corrected chi connectivity index (χ3v) is 6.90. The van der Waals surface area contributed by atoms with Crippen LogP contribution in [0.5, 0.6) is 0 Å². The van der Waals surface area contributed by atoms with Crippen LogP contribution in [0.15, 0.2) is 55.0 Å². The van der Waals surface area contributed by atoms with Gasteiger partial charge in [-0.2, -0.15) is 0 Å². The van der Waals surface area contributed by atoms with Gasteiger partial charge in [0.1, 0.15) is 6.04 Å². The van der Waals surface area contributed by atoms with E-state index in [1.54, 1.807) is 11.2 Å². The molecule has 4 aromatic rings. The molecule has 0 unspecified atom stereocenters. The predicted octanol–water partition coefficient (Wildman–Crippen LogP) is 3.01. The molecule has 1 N–H and O–H groups in total. The number of aryl methyl sites for hydroxylation is 2. The number of fused-ring (bicyclic) bond motifs is 2. The van der Waals surface area contributed by atoms with Crippen LogP contribution < -0.4 is 5.32 Å². The molecule has 2 aliphatic heterocycles. The van der Waals surface area contributed by atoms with Gasteiger partial charge in [0.05, 0.1) is 17.7 Å². The van der Waals surface area contributed by atoms with E-state index in [-0.39, 0.29) is 18.2 Å². The van der Waals surface area contributed by atoms with E-state index in [1.807, 2.05) is 43.1 Å². The summed E-state index contributed by atoms with van der Waals surface area (Å²) in [6.45, 7) is 0.339. The van der Waals surface area contributed by atoms with E-state index in [1.165, 1.54) is 5.39 Å². The van der Waals surface area contributed by atoms with Crippen LogP contribution in [0.2, 0.25) is 0 Å². The van der Waals surface area contributed by atoms with Crippen molar-refractivity contribution in [1.29, 1.82) is 0 Å². The van der Waals surface area contributed by atoms with E-state index in [2.05, 4.69) is 39.1 Å². The lowest BCUT2D eigenvalue weighted by Crippen LogP contribution is -2.52. The maximum Gasteiger partial charge on any atom is 0.255 e. The van der Waals surface area contributed by atoms with Crippen molar-refractivity contribution in [3.05, 3.63) is 66.1 Å². The zero-order valence-electron chi connectivity index (χ0n) is 18.9. The molecule has 0 spiro atoms. The first-order valence-corrected chi connectivity index (χ1v) is 11.3. The van der Waals surface area contributed by atoms with E-state index in [4.69, 9.17) is 0 Å². The number of piperidine rings is 1. The van der Waals surface area contributed by atoms with Crippen molar-refractivity contribution in [2.75, 3.05) is 0 Å². The van der Waals surface area contributed by atoms with Gasteiger partial charge in [0.2, 0.25) is 11.8 Å². The lowest BCUT2D eigenvalue weighted by molar-refractivity contribution is -0.136. The van der Waals surface area contributed by atoms with Gasteiger partial charge in [-0.25, -0.2) is 4.98 Å². The highest BCUT2D eigenvalue weighted by Gasteiger charge is 2.39. The number of carbonyl (C=O) groups is 3. The number of rotatable bonds is 3. The summed E-state index contributed by atoms with van der Waals surface area (Å²) in [6.07, 6.45) is 4.44. The Morgan fingerprint density at radius 1 is 0.971 bits per heavy atom. The minimum atomic E-state index is -0.622. The Hall–Kier alpha value is -4.20. The summed E-state index contributed by atoms with van der Waals surface area (Å²) >= 11 is 0. The summed E-state index contributed by atoms with van der Waals surface area (Å²) < 4.78 is 4.10. The van der Waals surface area contributed by atoms with Crippen LogP contribution >= 0.6 is 0 Å². The number of imide groups is 1. The first-order chi connectivity index (χ1) is 16.4. The number of imidazole rings is 1. The molecule has 1 fully saturated rings. The molecule has 0 aliphatic carbocycles. The minimum Gasteiger partial charge on any atom is -0.351 e. The van der Waals surface area contributed by atoms with Crippen molar-refractivity contribution < 1.29 is 14.4 Å². The van der Waals surface area contributed by atoms with Crippen molar-refractivity contribution in [3.63, 3.8) is 0 Å². The molecule has 8 heteroatoms. The Labute approximate surface area is 195 Å². The molecule has 0 radical (unpaired) electrons. The van der Waals surface area contributed by atoms with Crippen molar-refractivity contribution in [1.82, 2.24) is 24.3 Å². The molecule has 34 heavy (non-hydrogen) atoms. The lowest BCUT2D eigenvalue weighted by Gasteiger charge is -2.29. The van der Waals surface area contributed by atoms with Gasteiger partial charge in [0.25, 0.3) is 5.91 Å². The van der Waals surface area contributed by atoms with Gasteiger partial charge in [0, 0.05) is 55.5 Å². The van der Waals surface area contributed by atoms with Crippen molar-refractivity contribution >= 4 is 28.6 Å². The van der Waals surface area contributed by atoms with Crippen LogP contribution in [0.4, 0.5) is 0 Å². The Balaban J connectivity index is 1.37. The molecule has 1 saturated heterocycles.